The largest absolute Gasteiger partial charge is 0.406 e. The molecule has 2 fully saturated rings. The van der Waals surface area contributed by atoms with Gasteiger partial charge >= 0.3 is 6.18 Å². The van der Waals surface area contributed by atoms with Gasteiger partial charge in [-0.1, -0.05) is 0 Å². The molecule has 0 aromatic carbocycles. The highest BCUT2D eigenvalue weighted by molar-refractivity contribution is 7.72. The number of halogens is 3. The Morgan fingerprint density at radius 1 is 1.08 bits per heavy atom. The second-order valence-electron chi connectivity index (χ2n) is 9.18. The Balaban J connectivity index is 1.66. The molecule has 0 amide bonds. The number of nitrogen functional groups attached to an aromatic ring is 1. The van der Waals surface area contributed by atoms with Crippen molar-refractivity contribution in [3.63, 3.8) is 0 Å². The van der Waals surface area contributed by atoms with E-state index in [1.807, 2.05) is 11.8 Å². The lowest BCUT2D eigenvalue weighted by Gasteiger charge is -2.34. The molecule has 0 radical (unpaired) electrons. The third-order valence-corrected chi connectivity index (χ3v) is 7.06. The van der Waals surface area contributed by atoms with Crippen molar-refractivity contribution in [3.05, 3.63) is 12.4 Å². The zero-order valence-corrected chi connectivity index (χ0v) is 21.4. The van der Waals surface area contributed by atoms with Crippen LogP contribution in [-0.4, -0.2) is 107 Å². The second kappa shape index (κ2) is 10.5. The standard InChI is InChI=1S/C21H27F3N10O3S/c1-13-10-37-7-6-33(13)17-15-18(30-16(29-17)14-8-26-19(25)27-9-14)34(11-21(22,23)24)20(28-15)32-4-2-31(3-5-32)12-38(35)36/h8-9,13,38H,2-7,10-12H2,1H3,(H2,25,26,27)/t13-/m0/s1. The topological polar surface area (TPSA) is 148 Å². The maximum absolute atomic E-state index is 13.8. The molecule has 206 valence electrons. The summed E-state index contributed by atoms with van der Waals surface area (Å²) >= 11 is 0. The molecule has 0 saturated carbocycles. The number of rotatable bonds is 6. The quantitative estimate of drug-likeness (QED) is 0.404. The van der Waals surface area contributed by atoms with Crippen LogP contribution in [0.25, 0.3) is 22.6 Å². The van der Waals surface area contributed by atoms with Crippen molar-refractivity contribution in [1.29, 1.82) is 0 Å². The van der Waals surface area contributed by atoms with Crippen LogP contribution in [0.5, 0.6) is 0 Å². The van der Waals surface area contributed by atoms with E-state index >= 15 is 0 Å². The predicted molar refractivity (Wildman–Crippen MR) is 133 cm³/mol. The highest BCUT2D eigenvalue weighted by Crippen LogP contribution is 2.34. The van der Waals surface area contributed by atoms with Gasteiger partial charge in [0.05, 0.1) is 30.7 Å². The summed E-state index contributed by atoms with van der Waals surface area (Å²) in [5.41, 5.74) is 6.27. The summed E-state index contributed by atoms with van der Waals surface area (Å²) in [5.74, 6) is 0.583. The smallest absolute Gasteiger partial charge is 0.377 e. The van der Waals surface area contributed by atoms with E-state index in [1.165, 1.54) is 12.4 Å². The molecule has 0 unspecified atom stereocenters. The number of anilines is 3. The third kappa shape index (κ3) is 5.58. The molecule has 2 aliphatic heterocycles. The molecule has 5 rings (SSSR count). The normalized spacial score (nSPS) is 19.6. The first-order valence-corrected chi connectivity index (χ1v) is 13.3. The lowest BCUT2D eigenvalue weighted by Crippen LogP contribution is -2.47. The van der Waals surface area contributed by atoms with Gasteiger partial charge in [0, 0.05) is 45.1 Å². The van der Waals surface area contributed by atoms with Crippen molar-refractivity contribution in [2.24, 2.45) is 0 Å². The highest BCUT2D eigenvalue weighted by Gasteiger charge is 2.35. The fourth-order valence-electron chi connectivity index (χ4n) is 4.62. The molecule has 38 heavy (non-hydrogen) atoms. The van der Waals surface area contributed by atoms with Gasteiger partial charge in [-0.15, -0.1) is 0 Å². The maximum Gasteiger partial charge on any atom is 0.406 e. The number of alkyl halides is 3. The molecule has 2 saturated heterocycles. The Kier molecular flexibility index (Phi) is 7.23. The molecule has 3 aromatic rings. The molecule has 17 heteroatoms. The molecule has 3 aromatic heterocycles. The number of imidazole rings is 1. The number of morpholine rings is 1. The van der Waals surface area contributed by atoms with Crippen molar-refractivity contribution < 1.29 is 26.3 Å². The first kappa shape index (κ1) is 26.3. The Labute approximate surface area is 217 Å². The molecule has 0 spiro atoms. The Morgan fingerprint density at radius 2 is 1.79 bits per heavy atom. The van der Waals surface area contributed by atoms with Crippen LogP contribution in [0, 0.1) is 0 Å². The number of ether oxygens (including phenoxy) is 1. The fourth-order valence-corrected chi connectivity index (χ4v) is 5.23. The SMILES string of the molecule is C[C@H]1COCCN1c1nc(-c2cnc(N)nc2)nc2c1nc(N1CCN(C[SH](=O)=O)CC1)n2CC(F)(F)F. The minimum atomic E-state index is -4.55. The summed E-state index contributed by atoms with van der Waals surface area (Å²) in [6, 6.07) is -0.105. The van der Waals surface area contributed by atoms with Crippen molar-refractivity contribution in [2.45, 2.75) is 25.7 Å². The number of hydrogen-bond donors (Lipinski definition) is 2. The Hall–Kier alpha value is -3.31. The summed E-state index contributed by atoms with van der Waals surface area (Å²) < 4.78 is 70.4. The van der Waals surface area contributed by atoms with Gasteiger partial charge in [-0.3, -0.25) is 9.47 Å². The minimum Gasteiger partial charge on any atom is -0.377 e. The summed E-state index contributed by atoms with van der Waals surface area (Å²) in [6.45, 7) is 3.29. The van der Waals surface area contributed by atoms with Crippen LogP contribution in [0.1, 0.15) is 6.92 Å². The Bertz CT molecular complexity index is 1370. The van der Waals surface area contributed by atoms with Gasteiger partial charge in [-0.05, 0) is 6.92 Å². The van der Waals surface area contributed by atoms with Gasteiger partial charge in [0.1, 0.15) is 6.54 Å². The number of fused-ring (bicyclic) bond motifs is 1. The molecule has 5 heterocycles. The number of piperazine rings is 1. The lowest BCUT2D eigenvalue weighted by atomic mass is 10.2. The van der Waals surface area contributed by atoms with Gasteiger partial charge in [0.2, 0.25) is 11.9 Å². The molecule has 2 N–H and O–H groups in total. The monoisotopic (exact) mass is 556 g/mol. The van der Waals surface area contributed by atoms with Gasteiger partial charge in [-0.2, -0.15) is 13.2 Å². The predicted octanol–water partition coefficient (Wildman–Crippen LogP) is 0.344. The fraction of sp³-hybridized carbons (Fsp3) is 0.571. The van der Waals surface area contributed by atoms with Crippen LogP contribution in [0.3, 0.4) is 0 Å². The molecule has 0 aliphatic carbocycles. The van der Waals surface area contributed by atoms with Crippen LogP contribution in [0.4, 0.5) is 30.9 Å². The molecule has 2 aliphatic rings. The average molecular weight is 557 g/mol. The van der Waals surface area contributed by atoms with Crippen LogP contribution in [-0.2, 0) is 22.0 Å². The summed E-state index contributed by atoms with van der Waals surface area (Å²) in [7, 11) is -2.59. The van der Waals surface area contributed by atoms with E-state index in [4.69, 9.17) is 15.5 Å². The van der Waals surface area contributed by atoms with Gasteiger partial charge < -0.3 is 20.3 Å². The van der Waals surface area contributed by atoms with Crippen LogP contribution >= 0.6 is 0 Å². The van der Waals surface area contributed by atoms with E-state index < -0.39 is 23.4 Å². The minimum absolute atomic E-state index is 0.0258. The van der Waals surface area contributed by atoms with Gasteiger partial charge in [0.15, 0.2) is 33.5 Å². The number of nitrogens with zero attached hydrogens (tertiary/aromatic N) is 9. The zero-order valence-electron chi connectivity index (χ0n) is 20.5. The first-order valence-electron chi connectivity index (χ1n) is 12.0. The van der Waals surface area contributed by atoms with E-state index in [9.17, 15) is 21.6 Å². The zero-order chi connectivity index (χ0) is 27.0. The third-order valence-electron chi connectivity index (χ3n) is 6.43. The van der Waals surface area contributed by atoms with Crippen LogP contribution in [0.15, 0.2) is 12.4 Å². The van der Waals surface area contributed by atoms with Crippen molar-refractivity contribution >= 4 is 39.6 Å². The van der Waals surface area contributed by atoms with Crippen LogP contribution < -0.4 is 15.5 Å². The van der Waals surface area contributed by atoms with Crippen molar-refractivity contribution in [3.8, 4) is 11.4 Å². The summed E-state index contributed by atoms with van der Waals surface area (Å²) in [4.78, 5) is 27.2. The Morgan fingerprint density at radius 3 is 2.42 bits per heavy atom. The molecule has 13 nitrogen and oxygen atoms in total. The van der Waals surface area contributed by atoms with E-state index in [2.05, 4.69) is 19.9 Å². The van der Waals surface area contributed by atoms with E-state index in [0.29, 0.717) is 57.3 Å². The molecular weight excluding hydrogens is 529 g/mol. The van der Waals surface area contributed by atoms with E-state index in [-0.39, 0.29) is 40.8 Å². The number of nitrogens with two attached hydrogens (primary N) is 1. The molecular formula is C21H27F3N10O3S. The molecule has 1 atom stereocenters. The highest BCUT2D eigenvalue weighted by atomic mass is 32.2. The number of hydrogen-bond acceptors (Lipinski definition) is 12. The average Bonchev–Trinajstić information content (AvgIpc) is 3.21. The van der Waals surface area contributed by atoms with Gasteiger partial charge in [-0.25, -0.2) is 33.3 Å². The number of thiol groups is 1. The lowest BCUT2D eigenvalue weighted by molar-refractivity contribution is -0.139. The van der Waals surface area contributed by atoms with E-state index in [0.717, 1.165) is 4.57 Å². The van der Waals surface area contributed by atoms with Crippen molar-refractivity contribution in [2.75, 3.05) is 67.3 Å². The van der Waals surface area contributed by atoms with E-state index in [1.54, 1.807) is 9.80 Å². The molecule has 0 bridgehead atoms. The second-order valence-corrected chi connectivity index (χ2v) is 10.1. The maximum atomic E-state index is 13.8. The van der Waals surface area contributed by atoms with Crippen molar-refractivity contribution in [1.82, 2.24) is 34.4 Å². The first-order chi connectivity index (χ1) is 18.1. The summed E-state index contributed by atoms with van der Waals surface area (Å²) in [6.07, 6.45) is -1.71. The number of aromatic nitrogens is 6. The van der Waals surface area contributed by atoms with Gasteiger partial charge in [0.25, 0.3) is 0 Å². The van der Waals surface area contributed by atoms with Crippen LogP contribution in [0.2, 0.25) is 0 Å². The summed E-state index contributed by atoms with van der Waals surface area (Å²) in [5, 5.41) is 0.